The van der Waals surface area contributed by atoms with E-state index in [9.17, 15) is 14.4 Å². The monoisotopic (exact) mass is 410 g/mol. The quantitative estimate of drug-likeness (QED) is 0.559. The second kappa shape index (κ2) is 8.24. The van der Waals surface area contributed by atoms with E-state index in [1.807, 2.05) is 49.4 Å². The Kier molecular flexibility index (Phi) is 5.53. The summed E-state index contributed by atoms with van der Waals surface area (Å²) in [7, 11) is 0. The number of hydrogen-bond donors (Lipinski definition) is 0. The Bertz CT molecular complexity index is 909. The zero-order valence-corrected chi connectivity index (χ0v) is 16.9. The molecule has 2 fully saturated rings. The summed E-state index contributed by atoms with van der Waals surface area (Å²) in [6.45, 7) is 2.92. The van der Waals surface area contributed by atoms with E-state index in [-0.39, 0.29) is 30.4 Å². The Labute approximate surface area is 173 Å². The molecule has 8 heteroatoms. The molecule has 0 spiro atoms. The Morgan fingerprint density at radius 3 is 2.59 bits per heavy atom. The predicted molar refractivity (Wildman–Crippen MR) is 109 cm³/mol. The van der Waals surface area contributed by atoms with Crippen LogP contribution in [-0.2, 0) is 9.59 Å². The summed E-state index contributed by atoms with van der Waals surface area (Å²) in [5.74, 6) is 0.0372. The summed E-state index contributed by atoms with van der Waals surface area (Å²) in [4.78, 5) is 48.1. The highest BCUT2D eigenvalue weighted by Gasteiger charge is 2.49. The lowest BCUT2D eigenvalue weighted by molar-refractivity contribution is -0.135. The number of aromatic nitrogens is 1. The summed E-state index contributed by atoms with van der Waals surface area (Å²) >= 11 is 1.44. The van der Waals surface area contributed by atoms with E-state index in [0.29, 0.717) is 18.8 Å². The molecular formula is C21H22N4O3S. The number of rotatable bonds is 5. The third-order valence-electron chi connectivity index (χ3n) is 5.39. The Morgan fingerprint density at radius 1 is 1.14 bits per heavy atom. The number of amides is 4. The van der Waals surface area contributed by atoms with Gasteiger partial charge in [0.05, 0.1) is 18.3 Å². The first-order valence-corrected chi connectivity index (χ1v) is 10.5. The molecule has 2 aromatic rings. The SMILES string of the molecule is C[C@@H](c1ccccc1)N1C(=O)[C@H]2CN(C(=O)CSc3ccncc3)CCN2C1=O. The minimum Gasteiger partial charge on any atom is -0.338 e. The van der Waals surface area contributed by atoms with Gasteiger partial charge < -0.3 is 9.80 Å². The molecular weight excluding hydrogens is 388 g/mol. The minimum atomic E-state index is -0.600. The van der Waals surface area contributed by atoms with Crippen LogP contribution in [0, 0.1) is 0 Å². The van der Waals surface area contributed by atoms with Gasteiger partial charge in [0.2, 0.25) is 5.91 Å². The molecule has 3 heterocycles. The lowest BCUT2D eigenvalue weighted by Gasteiger charge is -2.35. The Morgan fingerprint density at radius 2 is 1.86 bits per heavy atom. The number of benzene rings is 1. The molecule has 4 rings (SSSR count). The molecule has 2 atom stereocenters. The lowest BCUT2D eigenvalue weighted by Crippen LogP contribution is -2.55. The van der Waals surface area contributed by atoms with Gasteiger partial charge in [-0.05, 0) is 24.6 Å². The lowest BCUT2D eigenvalue weighted by atomic mass is 10.1. The largest absolute Gasteiger partial charge is 0.338 e. The third kappa shape index (κ3) is 3.85. The molecule has 1 aromatic carbocycles. The van der Waals surface area contributed by atoms with Crippen molar-refractivity contribution < 1.29 is 14.4 Å². The van der Waals surface area contributed by atoms with Crippen LogP contribution in [0.1, 0.15) is 18.5 Å². The standard InChI is InChI=1S/C21H22N4O3S/c1-15(16-5-3-2-4-6-16)25-20(27)18-13-23(11-12-24(18)21(25)28)19(26)14-29-17-7-9-22-10-8-17/h2-10,15,18H,11-14H2,1H3/t15-,18+/m0/s1. The number of imide groups is 1. The highest BCUT2D eigenvalue weighted by atomic mass is 32.2. The van der Waals surface area contributed by atoms with Gasteiger partial charge in [0.25, 0.3) is 5.91 Å². The molecule has 0 N–H and O–H groups in total. The van der Waals surface area contributed by atoms with Crippen molar-refractivity contribution in [1.82, 2.24) is 19.7 Å². The Hall–Kier alpha value is -2.87. The van der Waals surface area contributed by atoms with Gasteiger partial charge in [0, 0.05) is 30.4 Å². The first-order valence-electron chi connectivity index (χ1n) is 9.55. The maximum atomic E-state index is 13.0. The third-order valence-corrected chi connectivity index (χ3v) is 6.39. The topological polar surface area (TPSA) is 73.8 Å². The van der Waals surface area contributed by atoms with Crippen LogP contribution < -0.4 is 0 Å². The summed E-state index contributed by atoms with van der Waals surface area (Å²) in [6.07, 6.45) is 3.38. The van der Waals surface area contributed by atoms with Crippen molar-refractivity contribution in [2.45, 2.75) is 23.9 Å². The maximum Gasteiger partial charge on any atom is 0.328 e. The molecule has 2 aliphatic rings. The van der Waals surface area contributed by atoms with E-state index in [2.05, 4.69) is 4.98 Å². The van der Waals surface area contributed by atoms with Crippen LogP contribution in [0.5, 0.6) is 0 Å². The van der Waals surface area contributed by atoms with Crippen LogP contribution in [-0.4, -0.2) is 69.0 Å². The number of thioether (sulfide) groups is 1. The normalized spacial score (nSPS) is 20.0. The molecule has 2 aliphatic heterocycles. The zero-order valence-electron chi connectivity index (χ0n) is 16.1. The van der Waals surface area contributed by atoms with Gasteiger partial charge in [-0.25, -0.2) is 4.79 Å². The number of carbonyl (C=O) groups excluding carboxylic acids is 3. The number of urea groups is 1. The van der Waals surface area contributed by atoms with Crippen molar-refractivity contribution in [1.29, 1.82) is 0 Å². The molecule has 0 bridgehead atoms. The van der Waals surface area contributed by atoms with E-state index < -0.39 is 6.04 Å². The molecule has 0 unspecified atom stereocenters. The summed E-state index contributed by atoms with van der Waals surface area (Å²) < 4.78 is 0. The number of fused-ring (bicyclic) bond motifs is 1. The van der Waals surface area contributed by atoms with Crippen molar-refractivity contribution in [2.75, 3.05) is 25.4 Å². The van der Waals surface area contributed by atoms with Crippen LogP contribution in [0.25, 0.3) is 0 Å². The van der Waals surface area contributed by atoms with Gasteiger partial charge in [0.15, 0.2) is 0 Å². The number of carbonyl (C=O) groups is 3. The fraction of sp³-hybridized carbons (Fsp3) is 0.333. The summed E-state index contributed by atoms with van der Waals surface area (Å²) in [5, 5.41) is 0. The van der Waals surface area contributed by atoms with E-state index in [0.717, 1.165) is 10.5 Å². The van der Waals surface area contributed by atoms with Crippen molar-refractivity contribution >= 4 is 29.6 Å². The van der Waals surface area contributed by atoms with Crippen LogP contribution in [0.3, 0.4) is 0 Å². The Balaban J connectivity index is 1.42. The fourth-order valence-corrected chi connectivity index (χ4v) is 4.54. The van der Waals surface area contributed by atoms with Crippen molar-refractivity contribution in [3.05, 3.63) is 60.4 Å². The molecule has 4 amide bonds. The van der Waals surface area contributed by atoms with Gasteiger partial charge in [-0.2, -0.15) is 0 Å². The average Bonchev–Trinajstić information content (AvgIpc) is 3.02. The van der Waals surface area contributed by atoms with Crippen LogP contribution in [0.15, 0.2) is 59.8 Å². The molecule has 150 valence electrons. The van der Waals surface area contributed by atoms with Gasteiger partial charge >= 0.3 is 6.03 Å². The average molecular weight is 410 g/mol. The number of nitrogens with zero attached hydrogens (tertiary/aromatic N) is 4. The second-order valence-electron chi connectivity index (χ2n) is 7.10. The van der Waals surface area contributed by atoms with Gasteiger partial charge in [-0.1, -0.05) is 30.3 Å². The first-order chi connectivity index (χ1) is 14.1. The predicted octanol–water partition coefficient (Wildman–Crippen LogP) is 2.41. The second-order valence-corrected chi connectivity index (χ2v) is 8.15. The first kappa shape index (κ1) is 19.4. The number of piperazine rings is 1. The highest BCUT2D eigenvalue weighted by molar-refractivity contribution is 8.00. The van der Waals surface area contributed by atoms with E-state index in [1.54, 1.807) is 22.2 Å². The van der Waals surface area contributed by atoms with E-state index in [1.165, 1.54) is 16.7 Å². The maximum absolute atomic E-state index is 13.0. The number of pyridine rings is 1. The van der Waals surface area contributed by atoms with Gasteiger partial charge in [-0.3, -0.25) is 19.5 Å². The van der Waals surface area contributed by atoms with Crippen molar-refractivity contribution in [3.63, 3.8) is 0 Å². The highest BCUT2D eigenvalue weighted by Crippen LogP contribution is 2.30. The van der Waals surface area contributed by atoms with Crippen LogP contribution in [0.4, 0.5) is 4.79 Å². The molecule has 2 saturated heterocycles. The molecule has 29 heavy (non-hydrogen) atoms. The van der Waals surface area contributed by atoms with Crippen LogP contribution >= 0.6 is 11.8 Å². The van der Waals surface area contributed by atoms with E-state index in [4.69, 9.17) is 0 Å². The van der Waals surface area contributed by atoms with E-state index >= 15 is 0 Å². The fourth-order valence-electron chi connectivity index (χ4n) is 3.75. The molecule has 0 aliphatic carbocycles. The zero-order chi connectivity index (χ0) is 20.4. The molecule has 7 nitrogen and oxygen atoms in total. The summed E-state index contributed by atoms with van der Waals surface area (Å²) in [6, 6.07) is 12.0. The molecule has 0 radical (unpaired) electrons. The van der Waals surface area contributed by atoms with Gasteiger partial charge in [0.1, 0.15) is 6.04 Å². The van der Waals surface area contributed by atoms with Crippen molar-refractivity contribution in [3.8, 4) is 0 Å². The van der Waals surface area contributed by atoms with Crippen molar-refractivity contribution in [2.24, 2.45) is 0 Å². The number of hydrogen-bond acceptors (Lipinski definition) is 5. The minimum absolute atomic E-state index is 0.0266. The van der Waals surface area contributed by atoms with Crippen LogP contribution in [0.2, 0.25) is 0 Å². The van der Waals surface area contributed by atoms with Gasteiger partial charge in [-0.15, -0.1) is 11.8 Å². The molecule has 0 saturated carbocycles. The smallest absolute Gasteiger partial charge is 0.328 e. The molecule has 1 aromatic heterocycles. The summed E-state index contributed by atoms with van der Waals surface area (Å²) in [5.41, 5.74) is 0.913.